The Morgan fingerprint density at radius 1 is 1.07 bits per heavy atom. The molecule has 30 heavy (non-hydrogen) atoms. The predicted octanol–water partition coefficient (Wildman–Crippen LogP) is -1.60. The molecule has 0 aromatic heterocycles. The maximum Gasteiger partial charge on any atom is -1.00 e. The van der Waals surface area contributed by atoms with Gasteiger partial charge in [-0.05, 0) is 0 Å². The molecular formula is C24H27Cl2OSi2Zr. The summed E-state index contributed by atoms with van der Waals surface area (Å²) < 4.78 is 0.617. The molecule has 0 saturated heterocycles. The number of hydrogen-bond acceptors (Lipinski definition) is 1. The summed E-state index contributed by atoms with van der Waals surface area (Å²) in [6.07, 6.45) is 5.80. The molecule has 2 aromatic rings. The number of aliphatic hydroxyl groups excluding tert-OH is 1. The summed E-state index contributed by atoms with van der Waals surface area (Å²) in [7, 11) is -3.05. The number of benzene rings is 2. The average Bonchev–Trinajstić information content (AvgIpc) is 3.02. The normalized spacial score (nSPS) is 19.6. The molecule has 0 fully saturated rings. The largest absolute Gasteiger partial charge is 1.00 e. The molecule has 1 heterocycles. The van der Waals surface area contributed by atoms with Crippen molar-refractivity contribution >= 4 is 32.1 Å². The molecule has 1 aliphatic heterocycles. The van der Waals surface area contributed by atoms with Crippen LogP contribution >= 0.6 is 0 Å². The first-order valence-corrected chi connectivity index (χ1v) is 18.0. The van der Waals surface area contributed by atoms with Crippen molar-refractivity contribution in [2.45, 2.75) is 42.3 Å². The van der Waals surface area contributed by atoms with E-state index in [9.17, 15) is 5.11 Å². The van der Waals surface area contributed by atoms with Gasteiger partial charge in [-0.25, -0.2) is 0 Å². The summed E-state index contributed by atoms with van der Waals surface area (Å²) in [5.41, 5.74) is 9.34. The SMILES string of the molecule is C[Si](C)(CCO)C1=C(c2cc3c(c4c2[Si]4(C)C)[CH]([Zr+2])c2ccccc2-3)CC=C1.[Cl-].[Cl-]. The topological polar surface area (TPSA) is 20.2 Å². The summed E-state index contributed by atoms with van der Waals surface area (Å²) >= 11 is 1.62. The Hall–Kier alpha value is -0.223. The molecule has 1 nitrogen and oxygen atoms in total. The van der Waals surface area contributed by atoms with Gasteiger partial charge in [-0.15, -0.1) is 0 Å². The van der Waals surface area contributed by atoms with Gasteiger partial charge < -0.3 is 24.8 Å². The van der Waals surface area contributed by atoms with Crippen molar-refractivity contribution in [2.24, 2.45) is 0 Å². The van der Waals surface area contributed by atoms with E-state index in [1.165, 1.54) is 11.1 Å². The van der Waals surface area contributed by atoms with Gasteiger partial charge in [0.2, 0.25) is 0 Å². The van der Waals surface area contributed by atoms with E-state index in [4.69, 9.17) is 0 Å². The van der Waals surface area contributed by atoms with Crippen LogP contribution in [0, 0.1) is 0 Å². The molecule has 2 aliphatic carbocycles. The third-order valence-corrected chi connectivity index (χ3v) is 15.3. The summed E-state index contributed by atoms with van der Waals surface area (Å²) in [6.45, 7) is 10.2. The van der Waals surface area contributed by atoms with Crippen molar-refractivity contribution in [3.05, 3.63) is 64.4 Å². The molecule has 0 spiro atoms. The number of allylic oxidation sites excluding steroid dienone is 4. The van der Waals surface area contributed by atoms with Gasteiger partial charge in [-0.2, -0.15) is 0 Å². The molecule has 1 atom stereocenters. The van der Waals surface area contributed by atoms with Gasteiger partial charge in [0, 0.05) is 0 Å². The second-order valence-corrected chi connectivity index (χ2v) is 20.1. The first kappa shape index (κ1) is 24.4. The maximum atomic E-state index is 9.63. The molecule has 1 N–H and O–H groups in total. The Morgan fingerprint density at radius 2 is 1.77 bits per heavy atom. The first-order chi connectivity index (χ1) is 13.3. The fraction of sp³-hybridized carbons (Fsp3) is 0.333. The van der Waals surface area contributed by atoms with Crippen LogP contribution in [-0.2, 0) is 24.7 Å². The van der Waals surface area contributed by atoms with Gasteiger partial charge in [0.15, 0.2) is 0 Å². The number of fused-ring (bicyclic) bond motifs is 5. The van der Waals surface area contributed by atoms with Crippen LogP contribution in [0.15, 0.2) is 47.7 Å². The van der Waals surface area contributed by atoms with Gasteiger partial charge in [-0.3, -0.25) is 0 Å². The summed E-state index contributed by atoms with van der Waals surface area (Å²) in [5, 5.41) is 14.7. The summed E-state index contributed by atoms with van der Waals surface area (Å²) in [6, 6.07) is 12.6. The zero-order valence-corrected chi connectivity index (χ0v) is 23.9. The fourth-order valence-corrected chi connectivity index (χ4v) is 13.5. The minimum absolute atomic E-state index is 0. The van der Waals surface area contributed by atoms with E-state index in [1.807, 2.05) is 0 Å². The number of hydrogen-bond donors (Lipinski definition) is 1. The van der Waals surface area contributed by atoms with E-state index in [1.54, 1.807) is 62.6 Å². The standard InChI is InChI=1S/C24H27OSi2.2ClH.Zr/c1-26(2,13-12-25)22-11-7-10-18(22)21-15-19-17-9-6-5-8-16(17)14-20(19)23-24(21)27(23,3)4;;;/h5-9,11,14-15,25H,10,12-13H2,1-4H3;2*1H;/q;;;+2/p-2. The number of halogens is 2. The fourth-order valence-electron chi connectivity index (χ4n) is 5.56. The van der Waals surface area contributed by atoms with Crippen LogP contribution in [-0.4, -0.2) is 27.9 Å². The van der Waals surface area contributed by atoms with Crippen LogP contribution in [0.3, 0.4) is 0 Å². The Morgan fingerprint density at radius 3 is 2.47 bits per heavy atom. The van der Waals surface area contributed by atoms with E-state index in [0.717, 1.165) is 12.5 Å². The number of rotatable bonds is 4. The summed E-state index contributed by atoms with van der Waals surface area (Å²) in [5.74, 6) is 0. The van der Waals surface area contributed by atoms with Crippen molar-refractivity contribution in [3.63, 3.8) is 0 Å². The predicted molar refractivity (Wildman–Crippen MR) is 121 cm³/mol. The Labute approximate surface area is 209 Å². The quantitative estimate of drug-likeness (QED) is 0.456. The van der Waals surface area contributed by atoms with E-state index in [0.29, 0.717) is 10.2 Å². The minimum atomic E-state index is -1.61. The molecular weight excluding hydrogens is 523 g/mol. The van der Waals surface area contributed by atoms with Crippen molar-refractivity contribution in [3.8, 4) is 11.1 Å². The monoisotopic (exact) mass is 547 g/mol. The average molecular weight is 550 g/mol. The molecule has 5 rings (SSSR count). The zero-order valence-electron chi connectivity index (χ0n) is 17.9. The van der Waals surface area contributed by atoms with Crippen LogP contribution in [0.5, 0.6) is 0 Å². The maximum absolute atomic E-state index is 9.63. The summed E-state index contributed by atoms with van der Waals surface area (Å²) in [4.78, 5) is 0. The molecule has 155 valence electrons. The Balaban J connectivity index is 0.00000128. The van der Waals surface area contributed by atoms with Gasteiger partial charge in [0.25, 0.3) is 0 Å². The Kier molecular flexibility index (Phi) is 6.74. The third-order valence-electron chi connectivity index (χ3n) is 7.13. The van der Waals surface area contributed by atoms with E-state index in [-0.39, 0.29) is 24.8 Å². The van der Waals surface area contributed by atoms with Crippen LogP contribution in [0.4, 0.5) is 0 Å². The smallest absolute Gasteiger partial charge is 1.00 e. The van der Waals surface area contributed by atoms with Crippen molar-refractivity contribution in [1.29, 1.82) is 0 Å². The van der Waals surface area contributed by atoms with Gasteiger partial charge in [0.1, 0.15) is 0 Å². The van der Waals surface area contributed by atoms with Gasteiger partial charge >= 0.3 is 186 Å². The molecule has 0 saturated carbocycles. The van der Waals surface area contributed by atoms with Crippen molar-refractivity contribution in [2.75, 3.05) is 6.61 Å². The molecule has 0 radical (unpaired) electrons. The van der Waals surface area contributed by atoms with E-state index in [2.05, 4.69) is 68.7 Å². The third kappa shape index (κ3) is 3.38. The van der Waals surface area contributed by atoms with Gasteiger partial charge in [-0.1, -0.05) is 0 Å². The second-order valence-electron chi connectivity index (χ2n) is 9.64. The number of aliphatic hydroxyl groups is 1. The van der Waals surface area contributed by atoms with Crippen molar-refractivity contribution in [1.82, 2.24) is 0 Å². The van der Waals surface area contributed by atoms with Gasteiger partial charge in [0.05, 0.1) is 0 Å². The van der Waals surface area contributed by atoms with E-state index < -0.39 is 16.1 Å². The van der Waals surface area contributed by atoms with Crippen LogP contribution < -0.4 is 35.2 Å². The van der Waals surface area contributed by atoms with Crippen molar-refractivity contribution < 1.29 is 54.6 Å². The molecule has 2 aromatic carbocycles. The molecule has 6 heteroatoms. The Bertz CT molecular complexity index is 1090. The van der Waals surface area contributed by atoms with Crippen LogP contribution in [0.2, 0.25) is 32.2 Å². The first-order valence-electron chi connectivity index (χ1n) is 10.3. The molecule has 0 bridgehead atoms. The molecule has 0 amide bonds. The van der Waals surface area contributed by atoms with Crippen LogP contribution in [0.1, 0.15) is 26.7 Å². The molecule has 1 unspecified atom stereocenters. The minimum Gasteiger partial charge on any atom is -1.00 e. The second kappa shape index (κ2) is 8.28. The molecule has 3 aliphatic rings. The van der Waals surface area contributed by atoms with Crippen LogP contribution in [0.25, 0.3) is 16.7 Å². The zero-order chi connectivity index (χ0) is 19.8. The van der Waals surface area contributed by atoms with E-state index >= 15 is 0 Å².